The van der Waals surface area contributed by atoms with Crippen LogP contribution >= 0.6 is 11.8 Å². The fraction of sp³-hybridized carbons (Fsp3) is 0.0833. The van der Waals surface area contributed by atoms with Crippen molar-refractivity contribution >= 4 is 23.3 Å². The Morgan fingerprint density at radius 1 is 0.793 bits per heavy atom. The quantitative estimate of drug-likeness (QED) is 0.407. The molecule has 3 N–H and O–H groups in total. The van der Waals surface area contributed by atoms with Gasteiger partial charge in [0.25, 0.3) is 0 Å². The molecule has 0 aliphatic heterocycles. The lowest BCUT2D eigenvalue weighted by Crippen LogP contribution is -2.15. The van der Waals surface area contributed by atoms with E-state index in [-0.39, 0.29) is 6.04 Å². The molecule has 0 spiro atoms. The van der Waals surface area contributed by atoms with Gasteiger partial charge in [0, 0.05) is 4.90 Å². The summed E-state index contributed by atoms with van der Waals surface area (Å²) in [6.45, 7) is 2.07. The van der Waals surface area contributed by atoms with Crippen molar-refractivity contribution in [1.29, 1.82) is 0 Å². The fourth-order valence-corrected chi connectivity index (χ4v) is 3.88. The minimum Gasteiger partial charge on any atom is -0.394 e. The van der Waals surface area contributed by atoms with Gasteiger partial charge in [-0.25, -0.2) is 9.97 Å². The number of nitrogen functional groups attached to an aromatic ring is 1. The normalized spacial score (nSPS) is 10.8. The lowest BCUT2D eigenvalue weighted by molar-refractivity contribution is 0.915. The number of hydrogen-bond donors (Lipinski definition) is 2. The third-order valence-corrected chi connectivity index (χ3v) is 5.66. The van der Waals surface area contributed by atoms with E-state index in [1.807, 2.05) is 36.4 Å². The molecular formula is C24H22N4S. The molecule has 5 heteroatoms. The van der Waals surface area contributed by atoms with Crippen LogP contribution in [0, 0.1) is 6.92 Å². The number of nitrogens with two attached hydrogens (primary N) is 1. The van der Waals surface area contributed by atoms with Crippen LogP contribution in [0.3, 0.4) is 0 Å². The van der Waals surface area contributed by atoms with Crippen LogP contribution in [0.5, 0.6) is 0 Å². The molecule has 0 saturated heterocycles. The van der Waals surface area contributed by atoms with Crippen LogP contribution in [-0.4, -0.2) is 9.97 Å². The van der Waals surface area contributed by atoms with Crippen LogP contribution in [0.4, 0.5) is 11.5 Å². The zero-order valence-corrected chi connectivity index (χ0v) is 16.9. The molecule has 3 aromatic carbocycles. The molecule has 4 nitrogen and oxygen atoms in total. The van der Waals surface area contributed by atoms with Gasteiger partial charge in [-0.2, -0.15) is 0 Å². The van der Waals surface area contributed by atoms with Crippen LogP contribution in [0.15, 0.2) is 101 Å². The largest absolute Gasteiger partial charge is 0.394 e. The summed E-state index contributed by atoms with van der Waals surface area (Å²) in [5.41, 5.74) is 10.5. The molecule has 0 unspecified atom stereocenters. The zero-order chi connectivity index (χ0) is 20.1. The number of nitrogens with zero attached hydrogens (tertiary/aromatic N) is 2. The summed E-state index contributed by atoms with van der Waals surface area (Å²) in [5, 5.41) is 4.27. The SMILES string of the molecule is Cc1ccc(Sc2ncnc(NC(c3ccccc3)c3ccccc3)c2N)cc1. The number of rotatable bonds is 6. The molecule has 1 heterocycles. The number of anilines is 2. The lowest BCUT2D eigenvalue weighted by Gasteiger charge is -2.21. The predicted molar refractivity (Wildman–Crippen MR) is 120 cm³/mol. The second-order valence-corrected chi connectivity index (χ2v) is 7.82. The molecule has 0 aliphatic carbocycles. The molecule has 144 valence electrons. The second kappa shape index (κ2) is 8.80. The van der Waals surface area contributed by atoms with Crippen molar-refractivity contribution in [1.82, 2.24) is 9.97 Å². The molecule has 29 heavy (non-hydrogen) atoms. The highest BCUT2D eigenvalue weighted by Gasteiger charge is 2.17. The summed E-state index contributed by atoms with van der Waals surface area (Å²) in [6.07, 6.45) is 1.56. The highest BCUT2D eigenvalue weighted by atomic mass is 32.2. The number of nitrogens with one attached hydrogen (secondary N) is 1. The van der Waals surface area contributed by atoms with Gasteiger partial charge in [-0.3, -0.25) is 0 Å². The minimum absolute atomic E-state index is 0.0631. The van der Waals surface area contributed by atoms with E-state index < -0.39 is 0 Å². The Labute approximate surface area is 175 Å². The standard InChI is InChI=1S/C24H22N4S/c1-17-12-14-20(15-13-17)29-24-21(25)23(26-16-27-24)28-22(18-8-4-2-5-9-18)19-10-6-3-7-11-19/h2-16,22H,25H2,1H3,(H,26,27,28). The van der Waals surface area contributed by atoms with E-state index in [0.29, 0.717) is 11.5 Å². The monoisotopic (exact) mass is 398 g/mol. The first-order valence-electron chi connectivity index (χ1n) is 9.42. The van der Waals surface area contributed by atoms with Crippen molar-refractivity contribution in [3.05, 3.63) is 108 Å². The number of benzene rings is 3. The third-order valence-electron chi connectivity index (χ3n) is 4.63. The fourth-order valence-electron chi connectivity index (χ4n) is 3.08. The molecule has 0 amide bonds. The van der Waals surface area contributed by atoms with E-state index in [9.17, 15) is 0 Å². The molecule has 1 aromatic heterocycles. The van der Waals surface area contributed by atoms with E-state index in [0.717, 1.165) is 21.0 Å². The van der Waals surface area contributed by atoms with Gasteiger partial charge in [0.2, 0.25) is 0 Å². The summed E-state index contributed by atoms with van der Waals surface area (Å²) in [7, 11) is 0. The third kappa shape index (κ3) is 4.58. The molecule has 0 aliphatic rings. The number of aryl methyl sites for hydroxylation is 1. The van der Waals surface area contributed by atoms with Crippen LogP contribution < -0.4 is 11.1 Å². The topological polar surface area (TPSA) is 63.8 Å². The average Bonchev–Trinajstić information content (AvgIpc) is 2.77. The first-order chi connectivity index (χ1) is 14.2. The van der Waals surface area contributed by atoms with E-state index in [2.05, 4.69) is 70.7 Å². The molecule has 4 rings (SSSR count). The van der Waals surface area contributed by atoms with Crippen molar-refractivity contribution in [3.8, 4) is 0 Å². The Balaban J connectivity index is 1.65. The molecule has 0 atom stereocenters. The molecule has 0 saturated carbocycles. The van der Waals surface area contributed by atoms with Crippen molar-refractivity contribution < 1.29 is 0 Å². The van der Waals surface area contributed by atoms with Gasteiger partial charge < -0.3 is 11.1 Å². The van der Waals surface area contributed by atoms with Crippen molar-refractivity contribution in [3.63, 3.8) is 0 Å². The Hall–Kier alpha value is -3.31. The average molecular weight is 399 g/mol. The van der Waals surface area contributed by atoms with E-state index >= 15 is 0 Å². The van der Waals surface area contributed by atoms with Crippen molar-refractivity contribution in [2.75, 3.05) is 11.1 Å². The van der Waals surface area contributed by atoms with Crippen LogP contribution in [0.2, 0.25) is 0 Å². The Morgan fingerprint density at radius 3 is 1.97 bits per heavy atom. The van der Waals surface area contributed by atoms with Gasteiger partial charge in [0.15, 0.2) is 5.82 Å². The highest BCUT2D eigenvalue weighted by molar-refractivity contribution is 7.99. The number of aromatic nitrogens is 2. The van der Waals surface area contributed by atoms with Gasteiger partial charge in [0.1, 0.15) is 17.0 Å². The Morgan fingerprint density at radius 2 is 1.38 bits per heavy atom. The van der Waals surface area contributed by atoms with Crippen LogP contribution in [0.25, 0.3) is 0 Å². The van der Waals surface area contributed by atoms with Crippen LogP contribution in [0.1, 0.15) is 22.7 Å². The van der Waals surface area contributed by atoms with Crippen molar-refractivity contribution in [2.24, 2.45) is 0 Å². The molecule has 0 fully saturated rings. The van der Waals surface area contributed by atoms with Gasteiger partial charge in [0.05, 0.1) is 6.04 Å². The Bertz CT molecular complexity index is 1030. The summed E-state index contributed by atoms with van der Waals surface area (Å²) in [4.78, 5) is 9.91. The van der Waals surface area contributed by atoms with E-state index in [1.54, 1.807) is 6.33 Å². The maximum Gasteiger partial charge on any atom is 0.154 e. The van der Waals surface area contributed by atoms with Gasteiger partial charge in [-0.05, 0) is 30.2 Å². The maximum absolute atomic E-state index is 6.46. The summed E-state index contributed by atoms with van der Waals surface area (Å²) in [5.74, 6) is 0.632. The Kier molecular flexibility index (Phi) is 5.77. The van der Waals surface area contributed by atoms with Crippen LogP contribution in [-0.2, 0) is 0 Å². The van der Waals surface area contributed by atoms with Crippen molar-refractivity contribution in [2.45, 2.75) is 22.9 Å². The van der Waals surface area contributed by atoms with Gasteiger partial charge in [-0.15, -0.1) is 0 Å². The first-order valence-corrected chi connectivity index (χ1v) is 10.2. The van der Waals surface area contributed by atoms with Gasteiger partial charge >= 0.3 is 0 Å². The smallest absolute Gasteiger partial charge is 0.154 e. The molecule has 4 aromatic rings. The zero-order valence-electron chi connectivity index (χ0n) is 16.1. The summed E-state index contributed by atoms with van der Waals surface area (Å²) < 4.78 is 0. The number of hydrogen-bond acceptors (Lipinski definition) is 5. The maximum atomic E-state index is 6.46. The second-order valence-electron chi connectivity index (χ2n) is 6.75. The molecule has 0 radical (unpaired) electrons. The lowest BCUT2D eigenvalue weighted by atomic mass is 9.99. The minimum atomic E-state index is -0.0631. The first kappa shape index (κ1) is 19.0. The predicted octanol–water partition coefficient (Wildman–Crippen LogP) is 5.72. The molecular weight excluding hydrogens is 376 g/mol. The summed E-state index contributed by atoms with van der Waals surface area (Å²) >= 11 is 1.54. The van der Waals surface area contributed by atoms with E-state index in [1.165, 1.54) is 17.3 Å². The van der Waals surface area contributed by atoms with Gasteiger partial charge in [-0.1, -0.05) is 90.1 Å². The molecule has 0 bridgehead atoms. The summed E-state index contributed by atoms with van der Waals surface area (Å²) in [6, 6.07) is 28.8. The van der Waals surface area contributed by atoms with E-state index in [4.69, 9.17) is 5.73 Å². The highest BCUT2D eigenvalue weighted by Crippen LogP contribution is 2.35.